The van der Waals surface area contributed by atoms with Gasteiger partial charge < -0.3 is 10.5 Å². The average Bonchev–Trinajstić information content (AvgIpc) is 2.63. The Balaban J connectivity index is 1.82. The van der Waals surface area contributed by atoms with Crippen LogP contribution >= 0.6 is 0 Å². The van der Waals surface area contributed by atoms with E-state index in [2.05, 4.69) is 24.3 Å². The first-order chi connectivity index (χ1) is 6.86. The lowest BCUT2D eigenvalue weighted by Gasteiger charge is -2.13. The van der Waals surface area contributed by atoms with E-state index in [-0.39, 0.29) is 12.1 Å². The Hall–Kier alpha value is -0.860. The van der Waals surface area contributed by atoms with Gasteiger partial charge in [0.05, 0.1) is 6.10 Å². The van der Waals surface area contributed by atoms with Gasteiger partial charge in [-0.3, -0.25) is 0 Å². The molecule has 1 aromatic carbocycles. The molecule has 2 unspecified atom stereocenters. The fourth-order valence-corrected chi connectivity index (χ4v) is 1.92. The molecule has 14 heavy (non-hydrogen) atoms. The van der Waals surface area contributed by atoms with Crippen LogP contribution in [0, 0.1) is 0 Å². The van der Waals surface area contributed by atoms with Crippen molar-refractivity contribution >= 4 is 0 Å². The lowest BCUT2D eigenvalue weighted by Crippen LogP contribution is -2.30. The van der Waals surface area contributed by atoms with Crippen LogP contribution in [0.15, 0.2) is 30.3 Å². The standard InChI is InChI=1S/C12H17NO/c13-11-8-9-14-12(11)7-6-10-4-2-1-3-5-10/h1-5,11-12H,6-9,13H2. The predicted molar refractivity (Wildman–Crippen MR) is 57.1 cm³/mol. The van der Waals surface area contributed by atoms with Gasteiger partial charge in [0.1, 0.15) is 0 Å². The zero-order valence-electron chi connectivity index (χ0n) is 8.36. The molecule has 0 aromatic heterocycles. The monoisotopic (exact) mass is 191 g/mol. The minimum absolute atomic E-state index is 0.249. The van der Waals surface area contributed by atoms with E-state index in [0.29, 0.717) is 0 Å². The number of rotatable bonds is 3. The molecule has 2 heteroatoms. The van der Waals surface area contributed by atoms with Crippen molar-refractivity contribution in [2.75, 3.05) is 6.61 Å². The molecule has 1 aliphatic rings. The van der Waals surface area contributed by atoms with E-state index in [4.69, 9.17) is 10.5 Å². The van der Waals surface area contributed by atoms with Gasteiger partial charge >= 0.3 is 0 Å². The minimum Gasteiger partial charge on any atom is -0.377 e. The van der Waals surface area contributed by atoms with E-state index in [9.17, 15) is 0 Å². The highest BCUT2D eigenvalue weighted by Crippen LogP contribution is 2.16. The number of nitrogens with two attached hydrogens (primary N) is 1. The number of hydrogen-bond acceptors (Lipinski definition) is 2. The van der Waals surface area contributed by atoms with Crippen LogP contribution in [0.4, 0.5) is 0 Å². The largest absolute Gasteiger partial charge is 0.377 e. The number of ether oxygens (including phenoxy) is 1. The molecule has 2 nitrogen and oxygen atoms in total. The summed E-state index contributed by atoms with van der Waals surface area (Å²) in [6.45, 7) is 0.834. The number of benzene rings is 1. The zero-order valence-corrected chi connectivity index (χ0v) is 8.36. The van der Waals surface area contributed by atoms with Gasteiger partial charge in [-0.25, -0.2) is 0 Å². The molecule has 1 aromatic rings. The molecule has 76 valence electrons. The lowest BCUT2D eigenvalue weighted by molar-refractivity contribution is 0.0976. The van der Waals surface area contributed by atoms with Gasteiger partial charge in [-0.15, -0.1) is 0 Å². The smallest absolute Gasteiger partial charge is 0.0729 e. The van der Waals surface area contributed by atoms with Crippen molar-refractivity contribution in [3.05, 3.63) is 35.9 Å². The highest BCUT2D eigenvalue weighted by Gasteiger charge is 2.23. The summed E-state index contributed by atoms with van der Waals surface area (Å²) in [4.78, 5) is 0. The molecule has 0 spiro atoms. The first kappa shape index (κ1) is 9.69. The molecule has 0 bridgehead atoms. The Morgan fingerprint density at radius 1 is 1.29 bits per heavy atom. The van der Waals surface area contributed by atoms with Crippen LogP contribution in [0.2, 0.25) is 0 Å². The van der Waals surface area contributed by atoms with E-state index in [1.54, 1.807) is 0 Å². The molecule has 1 aliphatic heterocycles. The summed E-state index contributed by atoms with van der Waals surface area (Å²) in [7, 11) is 0. The van der Waals surface area contributed by atoms with Gasteiger partial charge in [-0.2, -0.15) is 0 Å². The third-order valence-corrected chi connectivity index (χ3v) is 2.82. The van der Waals surface area contributed by atoms with E-state index in [1.807, 2.05) is 6.07 Å². The maximum Gasteiger partial charge on any atom is 0.0729 e. The molecule has 2 atom stereocenters. The van der Waals surface area contributed by atoms with Crippen molar-refractivity contribution in [3.8, 4) is 0 Å². The Morgan fingerprint density at radius 2 is 2.07 bits per heavy atom. The van der Waals surface area contributed by atoms with E-state index < -0.39 is 0 Å². The van der Waals surface area contributed by atoms with E-state index in [0.717, 1.165) is 25.9 Å². The first-order valence-electron chi connectivity index (χ1n) is 5.27. The van der Waals surface area contributed by atoms with Gasteiger partial charge in [-0.1, -0.05) is 30.3 Å². The Kier molecular flexibility index (Phi) is 3.17. The molecule has 0 aliphatic carbocycles. The molecule has 1 saturated heterocycles. The summed E-state index contributed by atoms with van der Waals surface area (Å²) < 4.78 is 5.56. The van der Waals surface area contributed by atoms with Crippen molar-refractivity contribution in [3.63, 3.8) is 0 Å². The van der Waals surface area contributed by atoms with E-state index in [1.165, 1.54) is 5.56 Å². The van der Waals surface area contributed by atoms with E-state index >= 15 is 0 Å². The highest BCUT2D eigenvalue weighted by atomic mass is 16.5. The second-order valence-electron chi connectivity index (χ2n) is 3.89. The second-order valence-corrected chi connectivity index (χ2v) is 3.89. The number of hydrogen-bond donors (Lipinski definition) is 1. The minimum atomic E-state index is 0.249. The Labute approximate surface area is 85.1 Å². The summed E-state index contributed by atoms with van der Waals surface area (Å²) in [5.41, 5.74) is 7.29. The number of aryl methyl sites for hydroxylation is 1. The topological polar surface area (TPSA) is 35.2 Å². The van der Waals surface area contributed by atoms with Crippen molar-refractivity contribution in [1.82, 2.24) is 0 Å². The molecule has 0 saturated carbocycles. The summed E-state index contributed by atoms with van der Waals surface area (Å²) in [6.07, 6.45) is 3.40. The third-order valence-electron chi connectivity index (χ3n) is 2.82. The fourth-order valence-electron chi connectivity index (χ4n) is 1.92. The van der Waals surface area contributed by atoms with Crippen molar-refractivity contribution in [2.24, 2.45) is 5.73 Å². The lowest BCUT2D eigenvalue weighted by atomic mass is 10.0. The maximum atomic E-state index is 5.92. The van der Waals surface area contributed by atoms with Crippen molar-refractivity contribution in [1.29, 1.82) is 0 Å². The molecule has 1 heterocycles. The van der Waals surface area contributed by atoms with Crippen LogP contribution in [0.3, 0.4) is 0 Å². The van der Waals surface area contributed by atoms with Crippen molar-refractivity contribution in [2.45, 2.75) is 31.4 Å². The van der Waals surface area contributed by atoms with Gasteiger partial charge in [-0.05, 0) is 24.8 Å². The third kappa shape index (κ3) is 2.34. The van der Waals surface area contributed by atoms with Crippen LogP contribution in [-0.4, -0.2) is 18.8 Å². The molecule has 2 rings (SSSR count). The average molecular weight is 191 g/mol. The molecule has 0 amide bonds. The van der Waals surface area contributed by atoms with Crippen LogP contribution in [-0.2, 0) is 11.2 Å². The first-order valence-corrected chi connectivity index (χ1v) is 5.27. The summed E-state index contributed by atoms with van der Waals surface area (Å²) in [5.74, 6) is 0. The highest BCUT2D eigenvalue weighted by molar-refractivity contribution is 5.14. The van der Waals surface area contributed by atoms with Crippen LogP contribution in [0.25, 0.3) is 0 Å². The maximum absolute atomic E-state index is 5.92. The van der Waals surface area contributed by atoms with Crippen LogP contribution < -0.4 is 5.73 Å². The van der Waals surface area contributed by atoms with Gasteiger partial charge in [0.2, 0.25) is 0 Å². The van der Waals surface area contributed by atoms with Gasteiger partial charge in [0, 0.05) is 12.6 Å². The Bertz CT molecular complexity index is 273. The summed E-state index contributed by atoms with van der Waals surface area (Å²) in [6, 6.07) is 10.7. The van der Waals surface area contributed by atoms with Crippen LogP contribution in [0.1, 0.15) is 18.4 Å². The molecule has 2 N–H and O–H groups in total. The normalized spacial score (nSPS) is 26.6. The van der Waals surface area contributed by atoms with Crippen LogP contribution in [0.5, 0.6) is 0 Å². The SMILES string of the molecule is NC1CCOC1CCc1ccccc1. The Morgan fingerprint density at radius 3 is 2.71 bits per heavy atom. The molecular weight excluding hydrogens is 174 g/mol. The summed E-state index contributed by atoms with van der Waals surface area (Å²) in [5, 5.41) is 0. The van der Waals surface area contributed by atoms with Gasteiger partial charge in [0.15, 0.2) is 0 Å². The molecular formula is C12H17NO. The second kappa shape index (κ2) is 4.58. The quantitative estimate of drug-likeness (QED) is 0.789. The van der Waals surface area contributed by atoms with Crippen molar-refractivity contribution < 1.29 is 4.74 Å². The summed E-state index contributed by atoms with van der Waals surface area (Å²) >= 11 is 0. The van der Waals surface area contributed by atoms with Gasteiger partial charge in [0.25, 0.3) is 0 Å². The predicted octanol–water partition coefficient (Wildman–Crippen LogP) is 1.74. The fraction of sp³-hybridized carbons (Fsp3) is 0.500. The molecule has 1 fully saturated rings. The zero-order chi connectivity index (χ0) is 9.80. The molecule has 0 radical (unpaired) electrons.